The number of pyridine rings is 1. The summed E-state index contributed by atoms with van der Waals surface area (Å²) in [5, 5.41) is 7.02. The van der Waals surface area contributed by atoms with Gasteiger partial charge in [0, 0.05) is 30.6 Å². The van der Waals surface area contributed by atoms with Gasteiger partial charge in [0.2, 0.25) is 0 Å². The van der Waals surface area contributed by atoms with Crippen molar-refractivity contribution in [3.8, 4) is 11.3 Å². The number of nitrogens with zero attached hydrogens (tertiary/aromatic N) is 3. The molecule has 0 spiro atoms. The molecule has 6 nitrogen and oxygen atoms in total. The Bertz CT molecular complexity index is 864. The first-order valence-corrected chi connectivity index (χ1v) is 8.76. The maximum Gasteiger partial charge on any atom is 0.318 e. The van der Waals surface area contributed by atoms with Crippen molar-refractivity contribution in [2.75, 3.05) is 6.54 Å². The largest absolute Gasteiger partial charge is 0.359 e. The normalized spacial score (nSPS) is 16.6. The lowest BCUT2D eigenvalue weighted by Gasteiger charge is -2.25. The van der Waals surface area contributed by atoms with E-state index in [4.69, 9.17) is 4.52 Å². The van der Waals surface area contributed by atoms with Gasteiger partial charge in [-0.15, -0.1) is 0 Å². The Morgan fingerprint density at radius 3 is 2.81 bits per heavy atom. The van der Waals surface area contributed by atoms with Crippen LogP contribution in [0.1, 0.15) is 30.2 Å². The number of amides is 2. The van der Waals surface area contributed by atoms with Crippen molar-refractivity contribution in [1.29, 1.82) is 0 Å². The summed E-state index contributed by atoms with van der Waals surface area (Å²) < 4.78 is 5.35. The van der Waals surface area contributed by atoms with Gasteiger partial charge in [-0.3, -0.25) is 4.98 Å². The second-order valence-electron chi connectivity index (χ2n) is 6.34. The quantitative estimate of drug-likeness (QED) is 0.779. The molecule has 1 unspecified atom stereocenters. The number of carbonyl (C=O) groups is 1. The Kier molecular flexibility index (Phi) is 4.64. The molecule has 1 aliphatic heterocycles. The molecule has 1 saturated heterocycles. The number of likely N-dealkylation sites (tertiary alicyclic amines) is 1. The molecular formula is C20H20N4O2. The molecule has 3 aromatic rings. The molecule has 1 N–H and O–H groups in total. The zero-order chi connectivity index (χ0) is 17.8. The molecule has 3 heterocycles. The fourth-order valence-electron chi connectivity index (χ4n) is 3.35. The molecule has 0 bridgehead atoms. The molecule has 1 aliphatic rings. The van der Waals surface area contributed by atoms with Crippen molar-refractivity contribution >= 4 is 6.03 Å². The second kappa shape index (κ2) is 7.39. The van der Waals surface area contributed by atoms with Gasteiger partial charge in [0.25, 0.3) is 0 Å². The highest BCUT2D eigenvalue weighted by Crippen LogP contribution is 2.31. The van der Waals surface area contributed by atoms with E-state index in [1.54, 1.807) is 12.4 Å². The lowest BCUT2D eigenvalue weighted by atomic mass is 10.1. The highest BCUT2D eigenvalue weighted by molar-refractivity contribution is 5.75. The van der Waals surface area contributed by atoms with Gasteiger partial charge in [-0.2, -0.15) is 0 Å². The number of hydrogen-bond acceptors (Lipinski definition) is 4. The predicted octanol–water partition coefficient (Wildman–Crippen LogP) is 3.78. The molecule has 6 heteroatoms. The highest BCUT2D eigenvalue weighted by atomic mass is 16.5. The molecule has 0 saturated carbocycles. The third kappa shape index (κ3) is 3.44. The number of aromatic nitrogens is 2. The summed E-state index contributed by atoms with van der Waals surface area (Å²) in [6.45, 7) is 1.07. The predicted molar refractivity (Wildman–Crippen MR) is 97.1 cm³/mol. The third-order valence-corrected chi connectivity index (χ3v) is 4.65. The molecule has 2 aromatic heterocycles. The van der Waals surface area contributed by atoms with Gasteiger partial charge in [0.15, 0.2) is 5.76 Å². The molecule has 1 aromatic carbocycles. The van der Waals surface area contributed by atoms with Crippen LogP contribution in [0.4, 0.5) is 4.79 Å². The fraction of sp³-hybridized carbons (Fsp3) is 0.250. The van der Waals surface area contributed by atoms with Gasteiger partial charge in [-0.1, -0.05) is 35.5 Å². The third-order valence-electron chi connectivity index (χ3n) is 4.65. The van der Waals surface area contributed by atoms with Crippen molar-refractivity contribution in [3.63, 3.8) is 0 Å². The van der Waals surface area contributed by atoms with E-state index in [9.17, 15) is 4.79 Å². The van der Waals surface area contributed by atoms with Gasteiger partial charge >= 0.3 is 6.03 Å². The van der Waals surface area contributed by atoms with Crippen molar-refractivity contribution in [2.24, 2.45) is 0 Å². The Balaban J connectivity index is 1.39. The average Bonchev–Trinajstić information content (AvgIpc) is 3.37. The van der Waals surface area contributed by atoms with Crippen LogP contribution in [0.2, 0.25) is 0 Å². The summed E-state index contributed by atoms with van der Waals surface area (Å²) in [7, 11) is 0. The lowest BCUT2D eigenvalue weighted by Crippen LogP contribution is -2.39. The van der Waals surface area contributed by atoms with Crippen LogP contribution in [0.5, 0.6) is 0 Å². The first kappa shape index (κ1) is 16.3. The van der Waals surface area contributed by atoms with Crippen molar-refractivity contribution in [1.82, 2.24) is 20.4 Å². The van der Waals surface area contributed by atoms with Crippen LogP contribution < -0.4 is 5.32 Å². The van der Waals surface area contributed by atoms with Crippen LogP contribution >= 0.6 is 0 Å². The van der Waals surface area contributed by atoms with Gasteiger partial charge in [0.05, 0.1) is 12.6 Å². The minimum absolute atomic E-state index is 0.0815. The highest BCUT2D eigenvalue weighted by Gasteiger charge is 2.29. The molecule has 26 heavy (non-hydrogen) atoms. The van der Waals surface area contributed by atoms with Crippen molar-refractivity contribution in [3.05, 3.63) is 72.2 Å². The zero-order valence-electron chi connectivity index (χ0n) is 14.3. The van der Waals surface area contributed by atoms with E-state index < -0.39 is 0 Å². The number of urea groups is 1. The SMILES string of the molecule is O=C(NCc1cc(-c2ccccc2)no1)N1CCCC1c1ccncc1. The Hall–Kier alpha value is -3.15. The molecule has 2 amide bonds. The summed E-state index contributed by atoms with van der Waals surface area (Å²) in [5.41, 5.74) is 2.88. The number of rotatable bonds is 4. The molecule has 1 fully saturated rings. The van der Waals surface area contributed by atoms with Gasteiger partial charge < -0.3 is 14.7 Å². The Morgan fingerprint density at radius 1 is 1.19 bits per heavy atom. The van der Waals surface area contributed by atoms with Crippen LogP contribution in [0.15, 0.2) is 65.4 Å². The van der Waals surface area contributed by atoms with E-state index in [2.05, 4.69) is 15.5 Å². The minimum atomic E-state index is -0.0815. The second-order valence-corrected chi connectivity index (χ2v) is 6.34. The van der Waals surface area contributed by atoms with E-state index >= 15 is 0 Å². The maximum absolute atomic E-state index is 12.6. The summed E-state index contributed by atoms with van der Waals surface area (Å²) >= 11 is 0. The minimum Gasteiger partial charge on any atom is -0.359 e. The molecule has 1 atom stereocenters. The monoisotopic (exact) mass is 348 g/mol. The number of carbonyl (C=O) groups excluding carboxylic acids is 1. The van der Waals surface area contributed by atoms with Gasteiger partial charge in [-0.05, 0) is 30.5 Å². The number of benzene rings is 1. The van der Waals surface area contributed by atoms with Gasteiger partial charge in [-0.25, -0.2) is 4.79 Å². The summed E-state index contributed by atoms with van der Waals surface area (Å²) in [5.74, 6) is 0.636. The molecule has 0 aliphatic carbocycles. The van der Waals surface area contributed by atoms with Gasteiger partial charge in [0.1, 0.15) is 5.69 Å². The van der Waals surface area contributed by atoms with Crippen molar-refractivity contribution < 1.29 is 9.32 Å². The smallest absolute Gasteiger partial charge is 0.318 e. The van der Waals surface area contributed by atoms with Crippen LogP contribution in [-0.4, -0.2) is 27.6 Å². The molecular weight excluding hydrogens is 328 g/mol. The van der Waals surface area contributed by atoms with E-state index in [0.29, 0.717) is 12.3 Å². The first-order valence-electron chi connectivity index (χ1n) is 8.76. The summed E-state index contributed by atoms with van der Waals surface area (Å²) in [6, 6.07) is 15.6. The summed E-state index contributed by atoms with van der Waals surface area (Å²) in [4.78, 5) is 18.5. The Morgan fingerprint density at radius 2 is 2.00 bits per heavy atom. The van der Waals surface area contributed by atoms with E-state index in [1.807, 2.05) is 53.4 Å². The van der Waals surface area contributed by atoms with Crippen LogP contribution in [0.3, 0.4) is 0 Å². The van der Waals surface area contributed by atoms with Crippen LogP contribution in [0.25, 0.3) is 11.3 Å². The fourth-order valence-corrected chi connectivity index (χ4v) is 3.35. The molecule has 4 rings (SSSR count). The average molecular weight is 348 g/mol. The topological polar surface area (TPSA) is 71.3 Å². The number of nitrogens with one attached hydrogen (secondary N) is 1. The van der Waals surface area contributed by atoms with E-state index in [-0.39, 0.29) is 12.1 Å². The van der Waals surface area contributed by atoms with Crippen LogP contribution in [0, 0.1) is 0 Å². The standard InChI is InChI=1S/C20H20N4O2/c25-20(24-12-4-7-19(24)16-8-10-21-11-9-16)22-14-17-13-18(23-26-17)15-5-2-1-3-6-15/h1-3,5-6,8-11,13,19H,4,7,12,14H2,(H,22,25). The molecule has 0 radical (unpaired) electrons. The van der Waals surface area contributed by atoms with E-state index in [0.717, 1.165) is 36.2 Å². The summed E-state index contributed by atoms with van der Waals surface area (Å²) in [6.07, 6.45) is 5.51. The first-order chi connectivity index (χ1) is 12.8. The maximum atomic E-state index is 12.6. The van der Waals surface area contributed by atoms with Crippen molar-refractivity contribution in [2.45, 2.75) is 25.4 Å². The van der Waals surface area contributed by atoms with E-state index in [1.165, 1.54) is 0 Å². The Labute approximate surface area is 151 Å². The zero-order valence-corrected chi connectivity index (χ0v) is 14.3. The van der Waals surface area contributed by atoms with Crippen LogP contribution in [-0.2, 0) is 6.54 Å². The lowest BCUT2D eigenvalue weighted by molar-refractivity contribution is 0.191. The molecule has 132 valence electrons. The number of hydrogen-bond donors (Lipinski definition) is 1.